The second-order valence-electron chi connectivity index (χ2n) is 5.39. The fourth-order valence-corrected chi connectivity index (χ4v) is 3.33. The number of benzene rings is 1. The van der Waals surface area contributed by atoms with E-state index in [1.165, 1.54) is 12.1 Å². The van der Waals surface area contributed by atoms with Crippen molar-refractivity contribution in [3.8, 4) is 11.6 Å². The van der Waals surface area contributed by atoms with Gasteiger partial charge in [0, 0.05) is 11.3 Å². The van der Waals surface area contributed by atoms with Crippen LogP contribution in [0.3, 0.4) is 0 Å². The van der Waals surface area contributed by atoms with Crippen molar-refractivity contribution in [2.75, 3.05) is 31.7 Å². The molecule has 8 nitrogen and oxygen atoms in total. The van der Waals surface area contributed by atoms with E-state index in [4.69, 9.17) is 18.5 Å². The van der Waals surface area contributed by atoms with Crippen LogP contribution >= 0.6 is 7.60 Å². The summed E-state index contributed by atoms with van der Waals surface area (Å²) in [5.41, 5.74) is 0.0894. The molecule has 1 rings (SSSR count). The van der Waals surface area contributed by atoms with E-state index in [1.54, 1.807) is 27.7 Å². The van der Waals surface area contributed by atoms with Crippen molar-refractivity contribution in [2.24, 2.45) is 0 Å². The smallest absolute Gasteiger partial charge is 0.405 e. The lowest BCUT2D eigenvalue weighted by atomic mass is 10.0. The van der Waals surface area contributed by atoms with E-state index < -0.39 is 30.9 Å². The van der Waals surface area contributed by atoms with E-state index in [0.29, 0.717) is 0 Å². The largest absolute Gasteiger partial charge is 0.463 e. The van der Waals surface area contributed by atoms with Crippen LogP contribution in [0.4, 0.5) is 10.1 Å². The number of rotatable bonds is 10. The SMILES string of the molecule is CCOC(=O)C(C#CP(=O)(OCC)OCC)(Nc1ccc(F)cc1)C(=O)OCC. The Hall–Kier alpha value is -2.40. The molecular weight excluding hydrogens is 404 g/mol. The minimum Gasteiger partial charge on any atom is -0.463 e. The van der Waals surface area contributed by atoms with Gasteiger partial charge in [0.05, 0.1) is 26.4 Å². The number of esters is 2. The molecule has 0 aliphatic rings. The Morgan fingerprint density at radius 3 is 1.86 bits per heavy atom. The first-order valence-electron chi connectivity index (χ1n) is 9.08. The Morgan fingerprint density at radius 1 is 0.966 bits per heavy atom. The molecule has 1 aromatic rings. The van der Waals surface area contributed by atoms with Crippen molar-refractivity contribution < 1.29 is 37.1 Å². The van der Waals surface area contributed by atoms with Crippen LogP contribution in [0.25, 0.3) is 0 Å². The Kier molecular flexibility index (Phi) is 9.83. The van der Waals surface area contributed by atoms with Gasteiger partial charge in [0.1, 0.15) is 5.82 Å². The van der Waals surface area contributed by atoms with Gasteiger partial charge in [-0.3, -0.25) is 9.05 Å². The highest BCUT2D eigenvalue weighted by atomic mass is 31.2. The summed E-state index contributed by atoms with van der Waals surface area (Å²) in [6.07, 6.45) is 0. The third-order valence-corrected chi connectivity index (χ3v) is 4.90. The highest BCUT2D eigenvalue weighted by molar-refractivity contribution is 7.59. The molecule has 0 aliphatic heterocycles. The Bertz CT molecular complexity index is 773. The third kappa shape index (κ3) is 6.86. The van der Waals surface area contributed by atoms with Crippen LogP contribution in [0.15, 0.2) is 24.3 Å². The molecule has 0 amide bonds. The summed E-state index contributed by atoms with van der Waals surface area (Å²) in [5.74, 6) is -0.307. The average Bonchev–Trinajstić information content (AvgIpc) is 2.67. The molecule has 160 valence electrons. The maximum atomic E-state index is 13.2. The molecule has 0 saturated carbocycles. The van der Waals surface area contributed by atoms with Crippen LogP contribution in [-0.2, 0) is 32.7 Å². The van der Waals surface area contributed by atoms with Crippen LogP contribution in [0.1, 0.15) is 27.7 Å². The molecule has 1 aromatic carbocycles. The summed E-state index contributed by atoms with van der Waals surface area (Å²) < 4.78 is 46.2. The molecule has 0 fully saturated rings. The summed E-state index contributed by atoms with van der Waals surface area (Å²) in [6.45, 7) is 6.23. The number of carbonyl (C=O) groups excluding carboxylic acids is 2. The van der Waals surface area contributed by atoms with Gasteiger partial charge in [-0.05, 0) is 57.9 Å². The molecule has 0 saturated heterocycles. The number of ether oxygens (including phenoxy) is 2. The lowest BCUT2D eigenvalue weighted by Gasteiger charge is -2.26. The fourth-order valence-electron chi connectivity index (χ4n) is 2.14. The average molecular weight is 429 g/mol. The first kappa shape index (κ1) is 24.6. The van der Waals surface area contributed by atoms with Gasteiger partial charge >= 0.3 is 19.5 Å². The Morgan fingerprint density at radius 2 is 1.45 bits per heavy atom. The van der Waals surface area contributed by atoms with Crippen molar-refractivity contribution >= 4 is 25.2 Å². The number of hydrogen-bond acceptors (Lipinski definition) is 8. The molecule has 0 aromatic heterocycles. The summed E-state index contributed by atoms with van der Waals surface area (Å²) in [5, 5.41) is 2.62. The number of hydrogen-bond donors (Lipinski definition) is 1. The zero-order valence-corrected chi connectivity index (χ0v) is 17.7. The Balaban J connectivity index is 3.57. The van der Waals surface area contributed by atoms with Crippen LogP contribution < -0.4 is 5.32 Å². The lowest BCUT2D eigenvalue weighted by Crippen LogP contribution is -2.54. The molecule has 29 heavy (non-hydrogen) atoms. The molecule has 10 heteroatoms. The molecular formula is C19H25FNO7P. The first-order chi connectivity index (χ1) is 13.8. The highest BCUT2D eigenvalue weighted by Gasteiger charge is 2.49. The van der Waals surface area contributed by atoms with Gasteiger partial charge in [-0.15, -0.1) is 0 Å². The van der Waals surface area contributed by atoms with Crippen LogP contribution in [-0.4, -0.2) is 43.9 Å². The molecule has 0 heterocycles. The van der Waals surface area contributed by atoms with Gasteiger partial charge in [0.25, 0.3) is 5.54 Å². The molecule has 0 unspecified atom stereocenters. The fraction of sp³-hybridized carbons (Fsp3) is 0.474. The van der Waals surface area contributed by atoms with Crippen LogP contribution in [0.5, 0.6) is 0 Å². The molecule has 0 spiro atoms. The second kappa shape index (κ2) is 11.6. The zero-order valence-electron chi connectivity index (χ0n) is 16.8. The summed E-state index contributed by atoms with van der Waals surface area (Å²) >= 11 is 0. The van der Waals surface area contributed by atoms with Crippen molar-refractivity contribution in [3.05, 3.63) is 30.1 Å². The lowest BCUT2D eigenvalue weighted by molar-refractivity contribution is -0.159. The maximum absolute atomic E-state index is 13.2. The minimum atomic E-state index is -3.92. The van der Waals surface area contributed by atoms with E-state index in [0.717, 1.165) is 12.1 Å². The van der Waals surface area contributed by atoms with E-state index in [-0.39, 0.29) is 32.1 Å². The quantitative estimate of drug-likeness (QED) is 0.262. The standard InChI is InChI=1S/C19H25FNO7P/c1-5-25-17(22)19(18(23)26-6-2,21-16-11-9-15(20)10-12-16)13-14-29(24,27-7-3)28-8-4/h9-12,21H,5-8H2,1-4H3. The normalized spacial score (nSPS) is 11.2. The summed E-state index contributed by atoms with van der Waals surface area (Å²) in [7, 11) is -3.92. The summed E-state index contributed by atoms with van der Waals surface area (Å²) in [4.78, 5) is 25.5. The molecule has 0 bridgehead atoms. The molecule has 0 atom stereocenters. The predicted molar refractivity (Wildman–Crippen MR) is 105 cm³/mol. The highest BCUT2D eigenvalue weighted by Crippen LogP contribution is 2.47. The van der Waals surface area contributed by atoms with Gasteiger partial charge in [0.15, 0.2) is 0 Å². The number of nitrogens with one attached hydrogen (secondary N) is 1. The van der Waals surface area contributed by atoms with Crippen LogP contribution in [0.2, 0.25) is 0 Å². The van der Waals surface area contributed by atoms with Gasteiger partial charge in [-0.1, -0.05) is 0 Å². The van der Waals surface area contributed by atoms with Crippen molar-refractivity contribution in [3.63, 3.8) is 0 Å². The zero-order chi connectivity index (χ0) is 21.9. The minimum absolute atomic E-state index is 0.0309. The third-order valence-electron chi connectivity index (χ3n) is 3.32. The monoisotopic (exact) mass is 429 g/mol. The van der Waals surface area contributed by atoms with E-state index in [2.05, 4.69) is 16.9 Å². The van der Waals surface area contributed by atoms with Gasteiger partial charge < -0.3 is 14.8 Å². The van der Waals surface area contributed by atoms with Gasteiger partial charge in [-0.25, -0.2) is 18.5 Å². The van der Waals surface area contributed by atoms with E-state index >= 15 is 0 Å². The Labute approximate surface area is 169 Å². The van der Waals surface area contributed by atoms with Crippen molar-refractivity contribution in [1.82, 2.24) is 0 Å². The van der Waals surface area contributed by atoms with E-state index in [9.17, 15) is 18.5 Å². The molecule has 0 aliphatic carbocycles. The maximum Gasteiger partial charge on any atom is 0.405 e. The van der Waals surface area contributed by atoms with E-state index in [1.807, 2.05) is 0 Å². The predicted octanol–water partition coefficient (Wildman–Crippen LogP) is 3.33. The van der Waals surface area contributed by atoms with Crippen molar-refractivity contribution in [1.29, 1.82) is 0 Å². The summed E-state index contributed by atoms with van der Waals surface area (Å²) in [6, 6.07) is 4.86. The molecule has 1 N–H and O–H groups in total. The number of anilines is 1. The molecule has 0 radical (unpaired) electrons. The number of carbonyl (C=O) groups is 2. The van der Waals surface area contributed by atoms with Gasteiger partial charge in [-0.2, -0.15) is 0 Å². The topological polar surface area (TPSA) is 100 Å². The van der Waals surface area contributed by atoms with Crippen LogP contribution in [0, 0.1) is 17.4 Å². The first-order valence-corrected chi connectivity index (χ1v) is 10.6. The van der Waals surface area contributed by atoms with Crippen molar-refractivity contribution in [2.45, 2.75) is 33.2 Å². The van der Waals surface area contributed by atoms with Gasteiger partial charge in [0.2, 0.25) is 0 Å². The second-order valence-corrected chi connectivity index (χ2v) is 7.13. The number of halogens is 1.